The van der Waals surface area contributed by atoms with Gasteiger partial charge >= 0.3 is 5.63 Å². The largest absolute Gasteiger partial charge is 0.507 e. The van der Waals surface area contributed by atoms with Crippen molar-refractivity contribution in [2.24, 2.45) is 0 Å². The van der Waals surface area contributed by atoms with E-state index in [4.69, 9.17) is 4.42 Å². The molecular weight excluding hydrogens is 314 g/mol. The zero-order valence-corrected chi connectivity index (χ0v) is 14.1. The van der Waals surface area contributed by atoms with E-state index in [0.29, 0.717) is 12.1 Å². The van der Waals surface area contributed by atoms with E-state index >= 15 is 0 Å². The average Bonchev–Trinajstić information content (AvgIpc) is 2.65. The third kappa shape index (κ3) is 3.17. The summed E-state index contributed by atoms with van der Waals surface area (Å²) in [5.74, 6) is 0.207. The maximum Gasteiger partial charge on any atom is 0.336 e. The van der Waals surface area contributed by atoms with Gasteiger partial charge < -0.3 is 14.4 Å². The fourth-order valence-electron chi connectivity index (χ4n) is 3.78. The summed E-state index contributed by atoms with van der Waals surface area (Å²) in [7, 11) is 0. The molecule has 2 heterocycles. The smallest absolute Gasteiger partial charge is 0.336 e. The molecule has 2 aromatic carbocycles. The van der Waals surface area contributed by atoms with Crippen molar-refractivity contribution < 1.29 is 14.4 Å². The van der Waals surface area contributed by atoms with Gasteiger partial charge in [0.1, 0.15) is 12.3 Å². The Bertz CT molecular complexity index is 941. The lowest BCUT2D eigenvalue weighted by molar-refractivity contribution is -0.918. The van der Waals surface area contributed by atoms with Crippen molar-refractivity contribution in [2.45, 2.75) is 25.8 Å². The molecule has 0 spiro atoms. The summed E-state index contributed by atoms with van der Waals surface area (Å²) in [6, 6.07) is 14.9. The maximum absolute atomic E-state index is 12.2. The zero-order chi connectivity index (χ0) is 17.2. The first-order valence-electron chi connectivity index (χ1n) is 8.90. The lowest BCUT2D eigenvalue weighted by Gasteiger charge is -2.24. The maximum atomic E-state index is 12.2. The number of hydrogen-bond donors (Lipinski definition) is 2. The molecule has 0 radical (unpaired) electrons. The van der Waals surface area contributed by atoms with Crippen molar-refractivity contribution in [3.8, 4) is 16.9 Å². The molecule has 0 atom stereocenters. The van der Waals surface area contributed by atoms with E-state index in [0.717, 1.165) is 35.2 Å². The van der Waals surface area contributed by atoms with Crippen LogP contribution in [0.5, 0.6) is 5.75 Å². The second kappa shape index (κ2) is 6.73. The van der Waals surface area contributed by atoms with Crippen LogP contribution in [-0.4, -0.2) is 18.2 Å². The van der Waals surface area contributed by atoms with Gasteiger partial charge in [-0.25, -0.2) is 4.79 Å². The number of quaternary nitrogens is 1. The quantitative estimate of drug-likeness (QED) is 0.723. The predicted octanol–water partition coefficient (Wildman–Crippen LogP) is 2.73. The SMILES string of the molecule is O=c1cc(-c2ccccc2)c2ccc(O)c(C[NH+]3CCCCC3)c2o1. The summed E-state index contributed by atoms with van der Waals surface area (Å²) in [5.41, 5.74) is 2.70. The number of fused-ring (bicyclic) bond motifs is 1. The fraction of sp³-hybridized carbons (Fsp3) is 0.286. The molecule has 3 aromatic rings. The molecule has 0 amide bonds. The van der Waals surface area contributed by atoms with Gasteiger partial charge in [0.05, 0.1) is 18.7 Å². The minimum absolute atomic E-state index is 0.207. The van der Waals surface area contributed by atoms with Crippen LogP contribution in [0.25, 0.3) is 22.1 Å². The second-order valence-corrected chi connectivity index (χ2v) is 6.77. The molecule has 1 aliphatic rings. The summed E-state index contributed by atoms with van der Waals surface area (Å²) in [5, 5.41) is 11.3. The molecule has 4 nitrogen and oxygen atoms in total. The van der Waals surface area contributed by atoms with E-state index in [2.05, 4.69) is 0 Å². The zero-order valence-electron chi connectivity index (χ0n) is 14.1. The number of phenolic OH excluding ortho intramolecular Hbond substituents is 1. The van der Waals surface area contributed by atoms with Crippen LogP contribution in [0.15, 0.2) is 57.7 Å². The molecule has 2 N–H and O–H groups in total. The van der Waals surface area contributed by atoms with Crippen molar-refractivity contribution in [3.63, 3.8) is 0 Å². The molecule has 1 fully saturated rings. The predicted molar refractivity (Wildman–Crippen MR) is 97.8 cm³/mol. The molecule has 1 aliphatic heterocycles. The number of aromatic hydroxyl groups is 1. The summed E-state index contributed by atoms with van der Waals surface area (Å²) < 4.78 is 5.55. The highest BCUT2D eigenvalue weighted by molar-refractivity contribution is 5.95. The highest BCUT2D eigenvalue weighted by atomic mass is 16.4. The Morgan fingerprint density at radius 3 is 2.52 bits per heavy atom. The van der Waals surface area contributed by atoms with Gasteiger partial charge in [-0.1, -0.05) is 30.3 Å². The Kier molecular flexibility index (Phi) is 4.28. The first-order chi connectivity index (χ1) is 12.2. The Morgan fingerprint density at radius 2 is 1.76 bits per heavy atom. The van der Waals surface area contributed by atoms with E-state index in [-0.39, 0.29) is 11.4 Å². The van der Waals surface area contributed by atoms with Crippen molar-refractivity contribution in [2.75, 3.05) is 13.1 Å². The van der Waals surface area contributed by atoms with Gasteiger partial charge in [0.25, 0.3) is 0 Å². The van der Waals surface area contributed by atoms with Crippen LogP contribution in [0.2, 0.25) is 0 Å². The first kappa shape index (κ1) is 15.9. The minimum Gasteiger partial charge on any atom is -0.507 e. The minimum atomic E-state index is -0.383. The van der Waals surface area contributed by atoms with Crippen LogP contribution < -0.4 is 10.5 Å². The Hall–Kier alpha value is -2.59. The van der Waals surface area contributed by atoms with Gasteiger partial charge in [0.2, 0.25) is 0 Å². The van der Waals surface area contributed by atoms with Crippen LogP contribution in [0, 0.1) is 0 Å². The number of rotatable bonds is 3. The number of piperidine rings is 1. The number of hydrogen-bond acceptors (Lipinski definition) is 3. The van der Waals surface area contributed by atoms with Gasteiger partial charge in [0, 0.05) is 11.5 Å². The Balaban J connectivity index is 1.87. The molecule has 4 heteroatoms. The van der Waals surface area contributed by atoms with Crippen molar-refractivity contribution >= 4 is 11.0 Å². The summed E-state index contributed by atoms with van der Waals surface area (Å²) >= 11 is 0. The number of likely N-dealkylation sites (tertiary alicyclic amines) is 1. The van der Waals surface area contributed by atoms with E-state index < -0.39 is 0 Å². The van der Waals surface area contributed by atoms with E-state index in [1.807, 2.05) is 36.4 Å². The lowest BCUT2D eigenvalue weighted by Crippen LogP contribution is -3.11. The van der Waals surface area contributed by atoms with Gasteiger partial charge in [-0.2, -0.15) is 0 Å². The average molecular weight is 336 g/mol. The van der Waals surface area contributed by atoms with Gasteiger partial charge in [-0.15, -0.1) is 0 Å². The van der Waals surface area contributed by atoms with Crippen molar-refractivity contribution in [3.05, 3.63) is 64.5 Å². The number of nitrogens with one attached hydrogen (secondary N) is 1. The van der Waals surface area contributed by atoms with E-state index in [1.54, 1.807) is 6.07 Å². The first-order valence-corrected chi connectivity index (χ1v) is 8.90. The Labute approximate surface area is 146 Å². The summed E-state index contributed by atoms with van der Waals surface area (Å²) in [4.78, 5) is 13.6. The lowest BCUT2D eigenvalue weighted by atomic mass is 9.99. The van der Waals surface area contributed by atoms with Crippen LogP contribution in [0.4, 0.5) is 0 Å². The van der Waals surface area contributed by atoms with Crippen molar-refractivity contribution in [1.82, 2.24) is 0 Å². The van der Waals surface area contributed by atoms with Crippen LogP contribution in [-0.2, 0) is 6.54 Å². The van der Waals surface area contributed by atoms with Crippen LogP contribution in [0.3, 0.4) is 0 Å². The highest BCUT2D eigenvalue weighted by Crippen LogP contribution is 2.32. The van der Waals surface area contributed by atoms with Gasteiger partial charge in [-0.05, 0) is 42.5 Å². The fourth-order valence-corrected chi connectivity index (χ4v) is 3.78. The molecule has 1 saturated heterocycles. The van der Waals surface area contributed by atoms with Crippen molar-refractivity contribution in [1.29, 1.82) is 0 Å². The highest BCUT2D eigenvalue weighted by Gasteiger charge is 2.20. The van der Waals surface area contributed by atoms with E-state index in [9.17, 15) is 9.90 Å². The summed E-state index contributed by atoms with van der Waals surface area (Å²) in [6.45, 7) is 2.88. The molecule has 0 unspecified atom stereocenters. The normalized spacial score (nSPS) is 15.5. The van der Waals surface area contributed by atoms with Gasteiger partial charge in [-0.3, -0.25) is 0 Å². The molecule has 4 rings (SSSR count). The van der Waals surface area contributed by atoms with E-state index in [1.165, 1.54) is 30.2 Å². The summed E-state index contributed by atoms with van der Waals surface area (Å²) in [6.07, 6.45) is 3.69. The number of phenols is 1. The van der Waals surface area contributed by atoms with Gasteiger partial charge in [0.15, 0.2) is 5.58 Å². The molecule has 0 aliphatic carbocycles. The molecule has 128 valence electrons. The standard InChI is InChI=1S/C21H21NO3/c23-19-10-9-16-17(15-7-3-1-4-8-15)13-20(24)25-21(16)18(19)14-22-11-5-2-6-12-22/h1,3-4,7-10,13,23H,2,5-6,11-12,14H2/p+1. The molecule has 1 aromatic heterocycles. The third-order valence-corrected chi connectivity index (χ3v) is 5.06. The molecule has 25 heavy (non-hydrogen) atoms. The third-order valence-electron chi connectivity index (χ3n) is 5.06. The van der Waals surface area contributed by atoms with Crippen LogP contribution >= 0.6 is 0 Å². The van der Waals surface area contributed by atoms with Crippen LogP contribution in [0.1, 0.15) is 24.8 Å². The monoisotopic (exact) mass is 336 g/mol. The molecular formula is C21H22NO3+. The second-order valence-electron chi connectivity index (χ2n) is 6.77. The molecule has 0 saturated carbocycles. The Morgan fingerprint density at radius 1 is 1.00 bits per heavy atom. The topological polar surface area (TPSA) is 54.9 Å². The number of benzene rings is 2. The molecule has 0 bridgehead atoms.